The van der Waals surface area contributed by atoms with Gasteiger partial charge < -0.3 is 4.74 Å². The van der Waals surface area contributed by atoms with Gasteiger partial charge in [0.2, 0.25) is 0 Å². The van der Waals surface area contributed by atoms with Gasteiger partial charge in [-0.1, -0.05) is 6.92 Å². The summed E-state index contributed by atoms with van der Waals surface area (Å²) in [6.07, 6.45) is 2.40. The second-order valence-corrected chi connectivity index (χ2v) is 6.98. The average molecular weight is 353 g/mol. The Bertz CT molecular complexity index is 952. The number of aromatic amines is 1. The van der Waals surface area contributed by atoms with Crippen LogP contribution in [0.1, 0.15) is 25.5 Å². The quantitative estimate of drug-likeness (QED) is 0.779. The smallest absolute Gasteiger partial charge is 0.274 e. The molecule has 3 heterocycles. The molecule has 1 aliphatic heterocycles. The van der Waals surface area contributed by atoms with Crippen molar-refractivity contribution in [3.05, 3.63) is 46.4 Å². The molecule has 0 spiro atoms. The molecule has 0 bridgehead atoms. The fourth-order valence-corrected chi connectivity index (χ4v) is 3.34. The van der Waals surface area contributed by atoms with Gasteiger partial charge in [-0.15, -0.1) is 0 Å². The van der Waals surface area contributed by atoms with Gasteiger partial charge in [-0.3, -0.25) is 14.8 Å². The molecule has 0 radical (unpaired) electrons. The molecular formula is C19H23N5O2. The Kier molecular flexibility index (Phi) is 4.46. The fraction of sp³-hybridized carbons (Fsp3) is 0.421. The van der Waals surface area contributed by atoms with Crippen LogP contribution in [0.3, 0.4) is 0 Å². The third-order valence-electron chi connectivity index (χ3n) is 5.01. The number of fused-ring (bicyclic) bond motifs is 1. The lowest BCUT2D eigenvalue weighted by molar-refractivity contribution is 0.183. The zero-order chi connectivity index (χ0) is 18.1. The van der Waals surface area contributed by atoms with Crippen LogP contribution in [0.2, 0.25) is 0 Å². The number of aromatic nitrogens is 4. The molecule has 0 amide bonds. The first-order valence-corrected chi connectivity index (χ1v) is 8.98. The predicted molar refractivity (Wildman–Crippen MR) is 99.3 cm³/mol. The van der Waals surface area contributed by atoms with Crippen LogP contribution in [0.25, 0.3) is 17.2 Å². The van der Waals surface area contributed by atoms with Crippen molar-refractivity contribution in [1.82, 2.24) is 24.5 Å². The van der Waals surface area contributed by atoms with E-state index in [1.807, 2.05) is 24.3 Å². The number of piperidine rings is 1. The maximum Gasteiger partial charge on any atom is 0.274 e. The van der Waals surface area contributed by atoms with E-state index in [2.05, 4.69) is 26.9 Å². The largest absolute Gasteiger partial charge is 0.497 e. The van der Waals surface area contributed by atoms with E-state index in [0.29, 0.717) is 18.1 Å². The van der Waals surface area contributed by atoms with Gasteiger partial charge in [0.05, 0.1) is 12.8 Å². The minimum Gasteiger partial charge on any atom is -0.497 e. The van der Waals surface area contributed by atoms with E-state index in [9.17, 15) is 4.79 Å². The molecule has 1 saturated heterocycles. The molecule has 2 aromatic heterocycles. The van der Waals surface area contributed by atoms with Crippen molar-refractivity contribution in [2.45, 2.75) is 26.3 Å². The Morgan fingerprint density at radius 3 is 2.62 bits per heavy atom. The van der Waals surface area contributed by atoms with Crippen LogP contribution >= 0.6 is 0 Å². The molecule has 0 unspecified atom stereocenters. The van der Waals surface area contributed by atoms with Crippen LogP contribution in [0.4, 0.5) is 0 Å². The molecular weight excluding hydrogens is 330 g/mol. The number of H-pyrrole nitrogens is 1. The van der Waals surface area contributed by atoms with Crippen LogP contribution in [0.5, 0.6) is 5.75 Å². The normalized spacial score (nSPS) is 16.2. The van der Waals surface area contributed by atoms with E-state index >= 15 is 0 Å². The number of likely N-dealkylation sites (tertiary alicyclic amines) is 1. The zero-order valence-corrected chi connectivity index (χ0v) is 15.1. The molecule has 1 fully saturated rings. The lowest BCUT2D eigenvalue weighted by atomic mass is 9.99. The molecule has 0 saturated carbocycles. The maximum absolute atomic E-state index is 12.5. The van der Waals surface area contributed by atoms with E-state index in [1.165, 1.54) is 17.4 Å². The van der Waals surface area contributed by atoms with Gasteiger partial charge >= 0.3 is 0 Å². The van der Waals surface area contributed by atoms with Gasteiger partial charge in [0, 0.05) is 18.2 Å². The van der Waals surface area contributed by atoms with Gasteiger partial charge in [-0.25, -0.2) is 4.98 Å². The molecule has 7 heteroatoms. The van der Waals surface area contributed by atoms with Gasteiger partial charge in [0.25, 0.3) is 11.3 Å². The summed E-state index contributed by atoms with van der Waals surface area (Å²) in [4.78, 5) is 23.9. The molecule has 1 N–H and O–H groups in total. The number of hydrogen-bond donors (Lipinski definition) is 1. The fourth-order valence-electron chi connectivity index (χ4n) is 3.34. The Morgan fingerprint density at radius 1 is 1.19 bits per heavy atom. The Balaban J connectivity index is 1.61. The molecule has 1 aromatic carbocycles. The standard InChI is InChI=1S/C19H23N5O2/c1-13-7-9-23(10-8-13)12-15-11-17(25)24-19(20-15)21-18(22-24)14-3-5-16(26-2)6-4-14/h3-6,11,13H,7-10,12H2,1-2H3,(H,20,21,22). The van der Waals surface area contributed by atoms with E-state index in [4.69, 9.17) is 4.74 Å². The second-order valence-electron chi connectivity index (χ2n) is 6.98. The number of nitrogens with one attached hydrogen (secondary N) is 1. The third-order valence-corrected chi connectivity index (χ3v) is 5.01. The highest BCUT2D eigenvalue weighted by atomic mass is 16.5. The van der Waals surface area contributed by atoms with Crippen molar-refractivity contribution in [3.63, 3.8) is 0 Å². The number of methoxy groups -OCH3 is 1. The summed E-state index contributed by atoms with van der Waals surface area (Å²) in [6, 6.07) is 9.12. The van der Waals surface area contributed by atoms with Gasteiger partial charge in [0.15, 0.2) is 5.82 Å². The van der Waals surface area contributed by atoms with E-state index in [-0.39, 0.29) is 5.56 Å². The van der Waals surface area contributed by atoms with E-state index in [0.717, 1.165) is 36.0 Å². The van der Waals surface area contributed by atoms with Crippen LogP contribution in [-0.2, 0) is 6.54 Å². The van der Waals surface area contributed by atoms with Crippen LogP contribution in [0.15, 0.2) is 35.1 Å². The van der Waals surface area contributed by atoms with E-state index < -0.39 is 0 Å². The van der Waals surface area contributed by atoms with Crippen molar-refractivity contribution in [1.29, 1.82) is 0 Å². The van der Waals surface area contributed by atoms with Crippen LogP contribution in [-0.4, -0.2) is 44.7 Å². The second kappa shape index (κ2) is 6.92. The topological polar surface area (TPSA) is 75.5 Å². The monoisotopic (exact) mass is 353 g/mol. The third kappa shape index (κ3) is 3.35. The minimum absolute atomic E-state index is 0.136. The summed E-state index contributed by atoms with van der Waals surface area (Å²) in [5.41, 5.74) is 1.52. The van der Waals surface area contributed by atoms with Crippen LogP contribution in [0, 0.1) is 5.92 Å². The number of rotatable bonds is 4. The summed E-state index contributed by atoms with van der Waals surface area (Å²) in [5, 5.41) is 3.03. The van der Waals surface area contributed by atoms with Crippen molar-refractivity contribution >= 4 is 5.78 Å². The first-order chi connectivity index (χ1) is 12.6. The summed E-state index contributed by atoms with van der Waals surface area (Å²) in [5.74, 6) is 2.58. The van der Waals surface area contributed by atoms with Crippen LogP contribution < -0.4 is 10.3 Å². The summed E-state index contributed by atoms with van der Waals surface area (Å²) in [6.45, 7) is 5.10. The van der Waals surface area contributed by atoms with Crippen molar-refractivity contribution in [2.75, 3.05) is 20.2 Å². The highest BCUT2D eigenvalue weighted by Crippen LogP contribution is 2.20. The molecule has 3 aromatic rings. The molecule has 26 heavy (non-hydrogen) atoms. The number of benzene rings is 1. The average Bonchev–Trinajstić information content (AvgIpc) is 3.08. The van der Waals surface area contributed by atoms with Crippen molar-refractivity contribution in [3.8, 4) is 17.1 Å². The lowest BCUT2D eigenvalue weighted by Gasteiger charge is -2.29. The Morgan fingerprint density at radius 2 is 1.92 bits per heavy atom. The molecule has 7 nitrogen and oxygen atoms in total. The molecule has 0 atom stereocenters. The Hall–Kier alpha value is -2.67. The van der Waals surface area contributed by atoms with Gasteiger partial charge in [-0.2, -0.15) is 9.50 Å². The minimum atomic E-state index is -0.136. The lowest BCUT2D eigenvalue weighted by Crippen LogP contribution is -2.33. The first-order valence-electron chi connectivity index (χ1n) is 8.98. The van der Waals surface area contributed by atoms with E-state index in [1.54, 1.807) is 13.2 Å². The molecule has 0 aliphatic carbocycles. The van der Waals surface area contributed by atoms with Gasteiger partial charge in [0.1, 0.15) is 5.75 Å². The number of ether oxygens (including phenoxy) is 1. The maximum atomic E-state index is 12.5. The number of hydrogen-bond acceptors (Lipinski definition) is 5. The van der Waals surface area contributed by atoms with Gasteiger partial charge in [-0.05, 0) is 56.1 Å². The molecule has 4 rings (SSSR count). The highest BCUT2D eigenvalue weighted by Gasteiger charge is 2.17. The first kappa shape index (κ1) is 16.8. The number of nitrogens with zero attached hydrogens (tertiary/aromatic N) is 4. The zero-order valence-electron chi connectivity index (χ0n) is 15.1. The summed E-state index contributed by atoms with van der Waals surface area (Å²) >= 11 is 0. The summed E-state index contributed by atoms with van der Waals surface area (Å²) < 4.78 is 6.56. The van der Waals surface area contributed by atoms with Crippen molar-refractivity contribution in [2.24, 2.45) is 5.92 Å². The SMILES string of the molecule is COc1ccc(-c2nc3nc(CN4CCC(C)CC4)cc(=O)n3[nH]2)cc1. The predicted octanol–water partition coefficient (Wildman–Crippen LogP) is 2.33. The molecule has 136 valence electrons. The summed E-state index contributed by atoms with van der Waals surface area (Å²) in [7, 11) is 1.63. The highest BCUT2D eigenvalue weighted by molar-refractivity contribution is 5.58. The molecule has 1 aliphatic rings. The van der Waals surface area contributed by atoms with Crippen molar-refractivity contribution < 1.29 is 4.74 Å². The Labute approximate surface area is 151 Å².